The summed E-state index contributed by atoms with van der Waals surface area (Å²) in [4.78, 5) is 0. The summed E-state index contributed by atoms with van der Waals surface area (Å²) in [7, 11) is -14.0. The molecule has 0 radical (unpaired) electrons. The third-order valence-corrected chi connectivity index (χ3v) is 53.4. The van der Waals surface area contributed by atoms with Crippen LogP contribution in [0.4, 0.5) is 0 Å². The molecule has 10 aliphatic rings. The van der Waals surface area contributed by atoms with E-state index in [0.717, 1.165) is 152 Å². The Labute approximate surface area is 871 Å². The molecule has 0 amide bonds. The van der Waals surface area contributed by atoms with E-state index in [1.54, 1.807) is 11.1 Å². The van der Waals surface area contributed by atoms with Crippen molar-refractivity contribution in [3.05, 3.63) is 291 Å². The number of ether oxygens (including phenoxy) is 2. The van der Waals surface area contributed by atoms with Crippen molar-refractivity contribution >= 4 is 71.0 Å². The van der Waals surface area contributed by atoms with Gasteiger partial charge in [-0.2, -0.15) is 23.9 Å². The summed E-state index contributed by atoms with van der Waals surface area (Å²) in [6.45, 7) is 33.9. The van der Waals surface area contributed by atoms with Gasteiger partial charge in [0.15, 0.2) is 28.6 Å². The van der Waals surface area contributed by atoms with Gasteiger partial charge >= 0.3 is 42.1 Å². The van der Waals surface area contributed by atoms with Crippen LogP contribution < -0.4 is 42.4 Å². The van der Waals surface area contributed by atoms with E-state index < -0.39 is 39.4 Å². The maximum absolute atomic E-state index is 16.3. The SMILES string of the molecule is C.CC(C)CCC[C@@H](C)[C@H]1CC[C@H]2[C@@H]3CC=C4C[C@@H](OCCC(P(=O)(c5ccccc5)c5ccccc5)P(=O)(c5ccccc5)c5ccccc5)CC[C@]4(C)[C@H]3CC[C@]12C.CC(C)CCC[C@@H](C)[C@H]1CC[C@H]2[C@@H]3CC=C4C[C@@H](OCCC(P(=O)(c5ccccc5)c5ccccc5)P(=O)(c5ccccc5)c5ccccc5)CC[C@]4(C)[C@H]3CC[C@]12C.O.O.[CH2-]C1CCCCC1[NH-].[CH2-]C1CCCCC1[NH-].[Pt+2].[Pt+2]. The second kappa shape index (κ2) is 52.3. The monoisotopic (exact) mass is 2320 g/mol. The number of hydrogen-bond donors (Lipinski definition) is 0. The summed E-state index contributed by atoms with van der Waals surface area (Å²) in [5, 5.41) is 4.61. The van der Waals surface area contributed by atoms with Gasteiger partial charge in [0.05, 0.1) is 23.0 Å². The summed E-state index contributed by atoms with van der Waals surface area (Å²) in [5.74, 6) is 10.8. The second-order valence-electron chi connectivity index (χ2n) is 45.2. The first-order valence-corrected chi connectivity index (χ1v) is 60.2. The van der Waals surface area contributed by atoms with Gasteiger partial charge in [0.25, 0.3) is 0 Å². The normalized spacial score (nSPS) is 29.0. The Hall–Kier alpha value is -4.70. The van der Waals surface area contributed by atoms with Crippen LogP contribution in [0.3, 0.4) is 0 Å². The molecular weight excluding hydrogens is 2150 g/mol. The fraction of sp³-hybridized carbons (Fsp3) is 0.561. The maximum atomic E-state index is 16.3. The molecule has 10 aliphatic carbocycles. The van der Waals surface area contributed by atoms with Gasteiger partial charge in [0, 0.05) is 55.7 Å². The van der Waals surface area contributed by atoms with Crippen molar-refractivity contribution in [1.29, 1.82) is 0 Å². The van der Waals surface area contributed by atoms with E-state index in [-0.39, 0.29) is 95.6 Å². The number of rotatable bonds is 30. The number of allylic oxidation sites excluding steroid dienone is 2. The van der Waals surface area contributed by atoms with Crippen molar-refractivity contribution in [2.75, 3.05) is 13.2 Å². The van der Waals surface area contributed by atoms with E-state index in [1.807, 2.05) is 243 Å². The molecule has 8 aromatic carbocycles. The van der Waals surface area contributed by atoms with Gasteiger partial charge in [-0.15, -0.1) is 0 Å². The van der Waals surface area contributed by atoms with Gasteiger partial charge in [-0.1, -0.05) is 433 Å². The summed E-state index contributed by atoms with van der Waals surface area (Å²) >= 11 is 0. The second-order valence-corrected chi connectivity index (χ2v) is 57.9. The molecule has 0 heterocycles. The van der Waals surface area contributed by atoms with E-state index in [2.05, 4.69) is 95.2 Å². The predicted octanol–water partition coefficient (Wildman–Crippen LogP) is 30.2. The van der Waals surface area contributed by atoms with Crippen LogP contribution in [0, 0.1) is 118 Å². The van der Waals surface area contributed by atoms with Crippen LogP contribution >= 0.6 is 28.6 Å². The Morgan fingerprint density at radius 1 is 0.338 bits per heavy atom. The molecule has 0 aromatic heterocycles. The molecule has 764 valence electrons. The van der Waals surface area contributed by atoms with Gasteiger partial charge < -0.3 is 64.0 Å². The van der Waals surface area contributed by atoms with Gasteiger partial charge in [-0.3, -0.25) is 0 Å². The minimum absolute atomic E-state index is 0. The zero-order valence-corrected chi connectivity index (χ0v) is 93.2. The van der Waals surface area contributed by atoms with Crippen molar-refractivity contribution in [2.45, 2.75) is 317 Å². The number of benzene rings is 8. The van der Waals surface area contributed by atoms with Crippen molar-refractivity contribution in [3.8, 4) is 0 Å². The first-order valence-electron chi connectivity index (χ1n) is 53.1. The molecule has 10 nitrogen and oxygen atoms in total. The summed E-state index contributed by atoms with van der Waals surface area (Å²) in [6, 6.07) is 79.0. The minimum atomic E-state index is -3.50. The summed E-state index contributed by atoms with van der Waals surface area (Å²) < 4.78 is 79.3. The first-order chi connectivity index (χ1) is 64.6. The molecule has 0 saturated heterocycles. The molecule has 16 heteroatoms. The molecule has 8 saturated carbocycles. The average Bonchev–Trinajstić information content (AvgIpc) is 1.66. The number of fused-ring (bicyclic) bond motifs is 10. The standard InChI is InChI=1S/2C54H70O3P2.2C7H13N.CH4.2H2O.2Pt/c2*1-40(2)19-18-20-41(3)49-31-32-50-48-30-29-42-39-43(33-36-53(42,4)51(48)34-37-54(49,50)5)57-38-35-52(58(55,44-21-10-6-11-22-44)45-23-12-7-13-24-45)59(56,46-25-14-8-15-26-46)47-27-16-9-17-28-47;2*1-6-4-2-3-5-7(6)8;;;;;/h2*6-17,21-29,40-41,43,48-52H,18-20,30-39H2,1-5H3;2*6-8H,1-5H2;1H4;2*1H2;;/q;;2*-2;;;;2*+2/t2*41-,43+,48+,49-,50+,51+,53+,54-;;;;;;;/m11......./s1. The Morgan fingerprint density at radius 2 is 0.597 bits per heavy atom. The minimum Gasteiger partial charge on any atom is -0.677 e. The van der Waals surface area contributed by atoms with E-state index in [0.29, 0.717) is 48.7 Å². The summed E-state index contributed by atoms with van der Waals surface area (Å²) in [5.41, 5.74) is 19.6. The number of hydrogen-bond acceptors (Lipinski definition) is 6. The quantitative estimate of drug-likeness (QED) is 0.0244. The van der Waals surface area contributed by atoms with Gasteiger partial charge in [0.1, 0.15) is 0 Å². The smallest absolute Gasteiger partial charge is 0.677 e. The molecule has 18 rings (SSSR count). The zero-order chi connectivity index (χ0) is 94.5. The Balaban J connectivity index is 0.000000238. The zero-order valence-electron chi connectivity index (χ0n) is 85.1. The Morgan fingerprint density at radius 3 is 0.835 bits per heavy atom. The Bertz CT molecular complexity index is 4560. The third-order valence-electron chi connectivity index (χ3n) is 36.6. The maximum Gasteiger partial charge on any atom is 2.00 e. The van der Waals surface area contributed by atoms with Crippen molar-refractivity contribution in [3.63, 3.8) is 0 Å². The molecule has 139 heavy (non-hydrogen) atoms. The van der Waals surface area contributed by atoms with Crippen LogP contribution in [0.25, 0.3) is 11.5 Å². The van der Waals surface area contributed by atoms with Gasteiger partial charge in [-0.05, 0) is 208 Å². The van der Waals surface area contributed by atoms with Crippen LogP contribution in [0.15, 0.2) is 266 Å². The van der Waals surface area contributed by atoms with Crippen LogP contribution in [0.2, 0.25) is 0 Å². The van der Waals surface area contributed by atoms with E-state index in [4.69, 9.17) is 20.9 Å². The molecule has 20 atom stereocenters. The topological polar surface area (TPSA) is 197 Å². The van der Waals surface area contributed by atoms with Crippen molar-refractivity contribution < 1.29 is 80.8 Å². The molecule has 0 spiro atoms. The average molecular weight is 2320 g/mol. The summed E-state index contributed by atoms with van der Waals surface area (Å²) in [6.07, 6.45) is 44.4. The molecule has 8 fully saturated rings. The molecule has 0 aliphatic heterocycles. The van der Waals surface area contributed by atoms with E-state index >= 15 is 18.3 Å². The molecule has 0 bridgehead atoms. The van der Waals surface area contributed by atoms with Crippen LogP contribution in [0.1, 0.15) is 282 Å². The molecular formula is C123H174N2O8P4Pt2. The largest absolute Gasteiger partial charge is 2.00 e. The number of nitrogens with one attached hydrogen (secondary N) is 2. The Kier molecular flexibility index (Phi) is 43.7. The van der Waals surface area contributed by atoms with Crippen molar-refractivity contribution in [1.82, 2.24) is 0 Å². The fourth-order valence-corrected chi connectivity index (χ4v) is 46.6. The predicted molar refractivity (Wildman–Crippen MR) is 586 cm³/mol. The third kappa shape index (κ3) is 25.3. The fourth-order valence-electron chi connectivity index (χ4n) is 29.0. The van der Waals surface area contributed by atoms with Crippen LogP contribution in [-0.2, 0) is 69.9 Å². The molecule has 8 aromatic rings. The first kappa shape index (κ1) is 116. The molecule has 6 N–H and O–H groups in total. The van der Waals surface area contributed by atoms with Gasteiger partial charge in [-0.25, -0.2) is 0 Å². The van der Waals surface area contributed by atoms with Crippen molar-refractivity contribution in [2.24, 2.45) is 105 Å². The van der Waals surface area contributed by atoms with E-state index in [9.17, 15) is 0 Å². The van der Waals surface area contributed by atoms with Crippen LogP contribution in [0.5, 0.6) is 0 Å². The molecule has 4 unspecified atom stereocenters. The van der Waals surface area contributed by atoms with Gasteiger partial charge in [0.2, 0.25) is 0 Å². The van der Waals surface area contributed by atoms with Crippen LogP contribution in [-0.4, -0.2) is 59.3 Å². The van der Waals surface area contributed by atoms with E-state index in [1.165, 1.54) is 154 Å².